The smallest absolute Gasteiger partial charge is 0.254 e. The van der Waals surface area contributed by atoms with Gasteiger partial charge in [-0.15, -0.1) is 0 Å². The standard InChI is InChI=1S/C26H31ClN2O3/c1-3-4-17-32-24-13-11-21(12-14-24)26(30)29(16-18-31-2)20-23-9-7-15-28(23)19-22-8-5-6-10-25(22)27/h5-15H,3-4,16-20H2,1-2H3. The van der Waals surface area contributed by atoms with Crippen LogP contribution in [0.1, 0.15) is 41.4 Å². The van der Waals surface area contributed by atoms with Gasteiger partial charge < -0.3 is 18.9 Å². The van der Waals surface area contributed by atoms with Crippen molar-refractivity contribution in [3.63, 3.8) is 0 Å². The summed E-state index contributed by atoms with van der Waals surface area (Å²) in [4.78, 5) is 15.1. The van der Waals surface area contributed by atoms with Crippen molar-refractivity contribution in [2.45, 2.75) is 32.9 Å². The first-order chi connectivity index (χ1) is 15.6. The molecule has 0 atom stereocenters. The molecule has 1 amide bonds. The third kappa shape index (κ3) is 6.62. The molecule has 0 saturated heterocycles. The molecule has 0 spiro atoms. The second-order valence-corrected chi connectivity index (χ2v) is 8.07. The van der Waals surface area contributed by atoms with Crippen molar-refractivity contribution in [1.82, 2.24) is 9.47 Å². The van der Waals surface area contributed by atoms with Gasteiger partial charge in [-0.2, -0.15) is 0 Å². The molecule has 0 radical (unpaired) electrons. The zero-order chi connectivity index (χ0) is 22.8. The largest absolute Gasteiger partial charge is 0.494 e. The molecule has 5 nitrogen and oxygen atoms in total. The van der Waals surface area contributed by atoms with Gasteiger partial charge in [0.15, 0.2) is 0 Å². The lowest BCUT2D eigenvalue weighted by Crippen LogP contribution is -2.34. The van der Waals surface area contributed by atoms with Crippen LogP contribution in [0.4, 0.5) is 0 Å². The number of nitrogens with zero attached hydrogens (tertiary/aromatic N) is 2. The SMILES string of the molecule is CCCCOc1ccc(C(=O)N(CCOC)Cc2cccn2Cc2ccccc2Cl)cc1. The van der Waals surface area contributed by atoms with Crippen molar-refractivity contribution in [2.75, 3.05) is 26.9 Å². The van der Waals surface area contributed by atoms with Crippen LogP contribution in [0, 0.1) is 0 Å². The molecule has 0 unspecified atom stereocenters. The first kappa shape index (κ1) is 23.9. The van der Waals surface area contributed by atoms with E-state index in [1.807, 2.05) is 71.8 Å². The highest BCUT2D eigenvalue weighted by molar-refractivity contribution is 6.31. The van der Waals surface area contributed by atoms with Crippen LogP contribution in [0.15, 0.2) is 66.9 Å². The zero-order valence-corrected chi connectivity index (χ0v) is 19.6. The van der Waals surface area contributed by atoms with E-state index < -0.39 is 0 Å². The molecule has 1 aromatic heterocycles. The number of hydrogen-bond donors (Lipinski definition) is 0. The monoisotopic (exact) mass is 454 g/mol. The van der Waals surface area contributed by atoms with Gasteiger partial charge in [-0.1, -0.05) is 43.1 Å². The number of methoxy groups -OCH3 is 1. The molecule has 0 aliphatic carbocycles. The maximum Gasteiger partial charge on any atom is 0.254 e. The quantitative estimate of drug-likeness (QED) is 0.332. The number of unbranched alkanes of at least 4 members (excludes halogenated alkanes) is 1. The van der Waals surface area contributed by atoms with E-state index in [4.69, 9.17) is 21.1 Å². The van der Waals surface area contributed by atoms with Crippen molar-refractivity contribution in [2.24, 2.45) is 0 Å². The van der Waals surface area contributed by atoms with E-state index in [-0.39, 0.29) is 5.91 Å². The number of halogens is 1. The Morgan fingerprint density at radius 3 is 2.53 bits per heavy atom. The highest BCUT2D eigenvalue weighted by Gasteiger charge is 2.18. The van der Waals surface area contributed by atoms with Gasteiger partial charge in [-0.05, 0) is 54.4 Å². The average molecular weight is 455 g/mol. The van der Waals surface area contributed by atoms with Crippen LogP contribution in [0.2, 0.25) is 5.02 Å². The van der Waals surface area contributed by atoms with Gasteiger partial charge >= 0.3 is 0 Å². The maximum absolute atomic E-state index is 13.3. The number of hydrogen-bond acceptors (Lipinski definition) is 3. The molecule has 0 aliphatic heterocycles. The van der Waals surface area contributed by atoms with Gasteiger partial charge in [0.1, 0.15) is 5.75 Å². The summed E-state index contributed by atoms with van der Waals surface area (Å²) in [6.45, 7) is 4.92. The Kier molecular flexibility index (Phi) is 9.20. The number of carbonyl (C=O) groups is 1. The van der Waals surface area contributed by atoms with Crippen LogP contribution in [0.25, 0.3) is 0 Å². The maximum atomic E-state index is 13.3. The van der Waals surface area contributed by atoms with Gasteiger partial charge in [-0.3, -0.25) is 4.79 Å². The van der Waals surface area contributed by atoms with Crippen molar-refractivity contribution in [1.29, 1.82) is 0 Å². The second-order valence-electron chi connectivity index (χ2n) is 7.66. The van der Waals surface area contributed by atoms with Gasteiger partial charge in [0.25, 0.3) is 5.91 Å². The Labute approximate surface area is 195 Å². The third-order valence-electron chi connectivity index (χ3n) is 5.30. The van der Waals surface area contributed by atoms with E-state index in [1.165, 1.54) is 0 Å². The number of ether oxygens (including phenoxy) is 2. The molecular formula is C26H31ClN2O3. The summed E-state index contributed by atoms with van der Waals surface area (Å²) in [6, 6.07) is 19.2. The van der Waals surface area contributed by atoms with Gasteiger partial charge in [0.05, 0.1) is 19.8 Å². The Morgan fingerprint density at radius 2 is 1.81 bits per heavy atom. The Balaban J connectivity index is 1.72. The van der Waals surface area contributed by atoms with E-state index in [0.717, 1.165) is 34.9 Å². The Bertz CT molecular complexity index is 985. The average Bonchev–Trinajstić information content (AvgIpc) is 3.25. The fraction of sp³-hybridized carbons (Fsp3) is 0.346. The minimum atomic E-state index is -0.0346. The molecule has 170 valence electrons. The number of rotatable bonds is 12. The molecule has 32 heavy (non-hydrogen) atoms. The van der Waals surface area contributed by atoms with Crippen LogP contribution < -0.4 is 4.74 Å². The summed E-state index contributed by atoms with van der Waals surface area (Å²) in [5, 5.41) is 0.737. The summed E-state index contributed by atoms with van der Waals surface area (Å²) in [6.07, 6.45) is 4.11. The molecule has 0 bridgehead atoms. The van der Waals surface area contributed by atoms with Gasteiger partial charge in [0, 0.05) is 42.7 Å². The first-order valence-electron chi connectivity index (χ1n) is 11.0. The van der Waals surface area contributed by atoms with Crippen molar-refractivity contribution < 1.29 is 14.3 Å². The fourth-order valence-electron chi connectivity index (χ4n) is 3.42. The van der Waals surface area contributed by atoms with Crippen LogP contribution >= 0.6 is 11.6 Å². The lowest BCUT2D eigenvalue weighted by atomic mass is 10.2. The van der Waals surface area contributed by atoms with E-state index in [0.29, 0.717) is 38.4 Å². The topological polar surface area (TPSA) is 43.7 Å². The van der Waals surface area contributed by atoms with E-state index in [2.05, 4.69) is 11.5 Å². The summed E-state index contributed by atoms with van der Waals surface area (Å²) in [5.41, 5.74) is 2.71. The lowest BCUT2D eigenvalue weighted by Gasteiger charge is -2.24. The van der Waals surface area contributed by atoms with Crippen molar-refractivity contribution >= 4 is 17.5 Å². The van der Waals surface area contributed by atoms with Crippen LogP contribution in [-0.2, 0) is 17.8 Å². The lowest BCUT2D eigenvalue weighted by molar-refractivity contribution is 0.0676. The number of benzene rings is 2. The van der Waals surface area contributed by atoms with E-state index in [1.54, 1.807) is 7.11 Å². The van der Waals surface area contributed by atoms with Crippen LogP contribution in [0.3, 0.4) is 0 Å². The minimum absolute atomic E-state index is 0.0346. The van der Waals surface area contributed by atoms with Gasteiger partial charge in [-0.25, -0.2) is 0 Å². The Morgan fingerprint density at radius 1 is 1.03 bits per heavy atom. The number of aromatic nitrogens is 1. The van der Waals surface area contributed by atoms with Crippen molar-refractivity contribution in [3.8, 4) is 5.75 Å². The molecule has 0 saturated carbocycles. The second kappa shape index (κ2) is 12.3. The minimum Gasteiger partial charge on any atom is -0.494 e. The predicted octanol–water partition coefficient (Wildman–Crippen LogP) is 5.66. The molecule has 3 aromatic rings. The predicted molar refractivity (Wildman–Crippen MR) is 128 cm³/mol. The first-order valence-corrected chi connectivity index (χ1v) is 11.4. The highest BCUT2D eigenvalue weighted by atomic mass is 35.5. The molecule has 0 aliphatic rings. The number of carbonyl (C=O) groups excluding carboxylic acids is 1. The zero-order valence-electron chi connectivity index (χ0n) is 18.8. The molecule has 2 aromatic carbocycles. The molecule has 0 fully saturated rings. The summed E-state index contributed by atoms with van der Waals surface area (Å²) in [5.74, 6) is 0.750. The van der Waals surface area contributed by atoms with Crippen molar-refractivity contribution in [3.05, 3.63) is 88.7 Å². The molecule has 6 heteroatoms. The normalized spacial score (nSPS) is 10.8. The van der Waals surface area contributed by atoms with Crippen LogP contribution in [-0.4, -0.2) is 42.2 Å². The summed E-state index contributed by atoms with van der Waals surface area (Å²) < 4.78 is 13.1. The summed E-state index contributed by atoms with van der Waals surface area (Å²) in [7, 11) is 1.64. The van der Waals surface area contributed by atoms with Gasteiger partial charge in [0.2, 0.25) is 0 Å². The number of amides is 1. The summed E-state index contributed by atoms with van der Waals surface area (Å²) >= 11 is 6.35. The molecular weight excluding hydrogens is 424 g/mol. The molecule has 1 heterocycles. The fourth-order valence-corrected chi connectivity index (χ4v) is 3.61. The molecule has 0 N–H and O–H groups in total. The van der Waals surface area contributed by atoms with E-state index in [9.17, 15) is 4.79 Å². The molecule has 3 rings (SSSR count). The third-order valence-corrected chi connectivity index (χ3v) is 5.66. The van der Waals surface area contributed by atoms with E-state index >= 15 is 0 Å². The van der Waals surface area contributed by atoms with Crippen LogP contribution in [0.5, 0.6) is 5.75 Å². The highest BCUT2D eigenvalue weighted by Crippen LogP contribution is 2.19. The Hall–Kier alpha value is -2.76.